The molecule has 5 heterocycles. The molecule has 0 spiro atoms. The maximum atomic E-state index is 12.6. The first kappa shape index (κ1) is 24.5. The maximum absolute atomic E-state index is 12.6. The minimum absolute atomic E-state index is 0.0280. The first-order chi connectivity index (χ1) is 18.0. The molecule has 10 nitrogen and oxygen atoms in total. The van der Waals surface area contributed by atoms with Crippen LogP contribution in [0.2, 0.25) is 0 Å². The smallest absolute Gasteiger partial charge is 0.223 e. The Balaban J connectivity index is 1.36. The zero-order chi connectivity index (χ0) is 25.9. The molecule has 1 amide bonds. The number of aliphatic hydroxyl groups is 1. The van der Waals surface area contributed by atoms with Gasteiger partial charge in [0.05, 0.1) is 23.5 Å². The molecule has 0 radical (unpaired) electrons. The fourth-order valence-corrected chi connectivity index (χ4v) is 4.78. The van der Waals surface area contributed by atoms with E-state index in [-0.39, 0.29) is 18.4 Å². The lowest BCUT2D eigenvalue weighted by atomic mass is 10.0. The predicted molar refractivity (Wildman–Crippen MR) is 140 cm³/mol. The van der Waals surface area contributed by atoms with Gasteiger partial charge in [-0.3, -0.25) is 9.48 Å². The van der Waals surface area contributed by atoms with E-state index >= 15 is 0 Å². The molecular weight excluding hydrogens is 468 g/mol. The van der Waals surface area contributed by atoms with Crippen molar-refractivity contribution in [3.63, 3.8) is 0 Å². The number of hydrogen-bond acceptors (Lipinski definition) is 7. The van der Waals surface area contributed by atoms with Crippen molar-refractivity contribution in [2.75, 3.05) is 37.7 Å². The van der Waals surface area contributed by atoms with Gasteiger partial charge in [-0.25, -0.2) is 9.50 Å². The Morgan fingerprint density at radius 1 is 1.08 bits per heavy atom. The molecule has 10 heteroatoms. The van der Waals surface area contributed by atoms with Gasteiger partial charge in [-0.2, -0.15) is 15.5 Å². The zero-order valence-corrected chi connectivity index (χ0v) is 21.1. The first-order valence-electron chi connectivity index (χ1n) is 12.5. The second-order valence-corrected chi connectivity index (χ2v) is 9.44. The third kappa shape index (κ3) is 4.90. The summed E-state index contributed by atoms with van der Waals surface area (Å²) in [5.74, 6) is 0.988. The van der Waals surface area contributed by atoms with Crippen LogP contribution in [-0.4, -0.2) is 73.1 Å². The number of fused-ring (bicyclic) bond motifs is 1. The standard InChI is InChI=1S/C27H30N8O2/c1-3-19(18-36)10-26(37)34-8-6-33(7-9-34)25-5-4-20(13-29-25)24-11-21(23-15-30-32(2)16-23)17-35-27(24)22(12-28)14-31-35/h4-5,11,13-17,19,36H,3,6-10,18H2,1-2H3/t19-/m1/s1. The van der Waals surface area contributed by atoms with E-state index < -0.39 is 0 Å². The number of aryl methyl sites for hydroxylation is 1. The van der Waals surface area contributed by atoms with E-state index in [4.69, 9.17) is 4.98 Å². The number of pyridine rings is 2. The molecule has 1 aliphatic heterocycles. The molecule has 1 saturated heterocycles. The van der Waals surface area contributed by atoms with E-state index in [1.54, 1.807) is 21.6 Å². The van der Waals surface area contributed by atoms with Crippen LogP contribution in [0.1, 0.15) is 25.3 Å². The molecule has 4 aromatic rings. The number of carbonyl (C=O) groups excluding carboxylic acids is 1. The lowest BCUT2D eigenvalue weighted by molar-refractivity contribution is -0.132. The fourth-order valence-electron chi connectivity index (χ4n) is 4.78. The van der Waals surface area contributed by atoms with Gasteiger partial charge >= 0.3 is 0 Å². The van der Waals surface area contributed by atoms with Crippen LogP contribution in [0.4, 0.5) is 5.82 Å². The number of anilines is 1. The average Bonchev–Trinajstić information content (AvgIpc) is 3.57. The van der Waals surface area contributed by atoms with Gasteiger partial charge in [-0.15, -0.1) is 0 Å². The highest BCUT2D eigenvalue weighted by atomic mass is 16.3. The van der Waals surface area contributed by atoms with Gasteiger partial charge in [-0.05, 0) is 24.1 Å². The molecule has 1 N–H and O–H groups in total. The van der Waals surface area contributed by atoms with Crippen molar-refractivity contribution in [2.45, 2.75) is 19.8 Å². The number of piperazine rings is 1. The van der Waals surface area contributed by atoms with Crippen molar-refractivity contribution < 1.29 is 9.90 Å². The minimum atomic E-state index is 0.0280. The van der Waals surface area contributed by atoms with Crippen molar-refractivity contribution in [3.05, 3.63) is 54.7 Å². The van der Waals surface area contributed by atoms with Gasteiger partial charge < -0.3 is 14.9 Å². The Hall–Kier alpha value is -4.23. The Morgan fingerprint density at radius 3 is 2.51 bits per heavy atom. The number of carbonyl (C=O) groups is 1. The van der Waals surface area contributed by atoms with Gasteiger partial charge in [0.15, 0.2) is 0 Å². The van der Waals surface area contributed by atoms with Crippen LogP contribution >= 0.6 is 0 Å². The van der Waals surface area contributed by atoms with Gasteiger partial charge in [0.25, 0.3) is 0 Å². The van der Waals surface area contributed by atoms with Gasteiger partial charge in [0, 0.05) is 87.1 Å². The number of hydrogen-bond donors (Lipinski definition) is 1. The molecule has 0 saturated carbocycles. The fraction of sp³-hybridized carbons (Fsp3) is 0.370. The van der Waals surface area contributed by atoms with E-state index in [0.29, 0.717) is 38.2 Å². The van der Waals surface area contributed by atoms with Crippen molar-refractivity contribution in [1.29, 1.82) is 5.26 Å². The molecule has 5 rings (SSSR count). The normalized spacial score (nSPS) is 14.6. The molecule has 37 heavy (non-hydrogen) atoms. The van der Waals surface area contributed by atoms with E-state index in [1.807, 2.05) is 55.7 Å². The number of aromatic nitrogens is 5. The van der Waals surface area contributed by atoms with Crippen LogP contribution in [0, 0.1) is 17.2 Å². The Bertz CT molecular complexity index is 1440. The lowest BCUT2D eigenvalue weighted by Gasteiger charge is -2.36. The summed E-state index contributed by atoms with van der Waals surface area (Å²) < 4.78 is 3.49. The Morgan fingerprint density at radius 2 is 1.89 bits per heavy atom. The van der Waals surface area contributed by atoms with E-state index in [2.05, 4.69) is 21.2 Å². The molecule has 1 fully saturated rings. The third-order valence-corrected chi connectivity index (χ3v) is 7.08. The monoisotopic (exact) mass is 498 g/mol. The van der Waals surface area contributed by atoms with Crippen LogP contribution < -0.4 is 4.90 Å². The van der Waals surface area contributed by atoms with Gasteiger partial charge in [0.2, 0.25) is 5.91 Å². The van der Waals surface area contributed by atoms with Crippen molar-refractivity contribution in [1.82, 2.24) is 29.3 Å². The zero-order valence-electron chi connectivity index (χ0n) is 21.1. The topological polar surface area (TPSA) is 116 Å². The van der Waals surface area contributed by atoms with Crippen molar-refractivity contribution in [3.8, 4) is 28.3 Å². The predicted octanol–water partition coefficient (Wildman–Crippen LogP) is 2.73. The molecule has 190 valence electrons. The van der Waals surface area contributed by atoms with Crippen LogP contribution in [0.25, 0.3) is 27.8 Å². The quantitative estimate of drug-likeness (QED) is 0.417. The number of aliphatic hydroxyl groups excluding tert-OH is 1. The largest absolute Gasteiger partial charge is 0.396 e. The average molecular weight is 499 g/mol. The second kappa shape index (κ2) is 10.4. The van der Waals surface area contributed by atoms with Gasteiger partial charge in [-0.1, -0.05) is 13.3 Å². The summed E-state index contributed by atoms with van der Waals surface area (Å²) in [6.45, 7) is 4.73. The van der Waals surface area contributed by atoms with Crippen LogP contribution in [0.5, 0.6) is 0 Å². The molecule has 1 aliphatic rings. The molecule has 0 aromatic carbocycles. The molecule has 4 aromatic heterocycles. The SMILES string of the molecule is CC[C@@H](CO)CC(=O)N1CCN(c2ccc(-c3cc(-c4cnn(C)c4)cn4ncc(C#N)c34)cn2)CC1. The van der Waals surface area contributed by atoms with E-state index in [9.17, 15) is 15.2 Å². The van der Waals surface area contributed by atoms with Gasteiger partial charge in [0.1, 0.15) is 11.9 Å². The third-order valence-electron chi connectivity index (χ3n) is 7.08. The molecule has 1 atom stereocenters. The van der Waals surface area contributed by atoms with E-state index in [0.717, 1.165) is 40.0 Å². The summed E-state index contributed by atoms with van der Waals surface area (Å²) in [4.78, 5) is 21.4. The summed E-state index contributed by atoms with van der Waals surface area (Å²) in [7, 11) is 1.88. The summed E-state index contributed by atoms with van der Waals surface area (Å²) in [5, 5.41) is 27.7. The Kier molecular flexibility index (Phi) is 6.88. The van der Waals surface area contributed by atoms with Crippen LogP contribution in [0.3, 0.4) is 0 Å². The highest BCUT2D eigenvalue weighted by molar-refractivity contribution is 5.87. The highest BCUT2D eigenvalue weighted by Gasteiger charge is 2.24. The highest BCUT2D eigenvalue weighted by Crippen LogP contribution is 2.32. The first-order valence-corrected chi connectivity index (χ1v) is 12.5. The van der Waals surface area contributed by atoms with Crippen molar-refractivity contribution >= 4 is 17.2 Å². The summed E-state index contributed by atoms with van der Waals surface area (Å²) in [5.41, 5.74) is 4.91. The summed E-state index contributed by atoms with van der Waals surface area (Å²) >= 11 is 0. The summed E-state index contributed by atoms with van der Waals surface area (Å²) in [6.07, 6.45) is 10.3. The Labute approximate surface area is 215 Å². The maximum Gasteiger partial charge on any atom is 0.223 e. The number of amides is 1. The minimum Gasteiger partial charge on any atom is -0.396 e. The van der Waals surface area contributed by atoms with Crippen LogP contribution in [-0.2, 0) is 11.8 Å². The molecule has 0 aliphatic carbocycles. The lowest BCUT2D eigenvalue weighted by Crippen LogP contribution is -2.49. The second-order valence-electron chi connectivity index (χ2n) is 9.44. The molecular formula is C27H30N8O2. The number of nitriles is 1. The number of rotatable bonds is 7. The van der Waals surface area contributed by atoms with Crippen molar-refractivity contribution in [2.24, 2.45) is 13.0 Å². The molecule has 0 bridgehead atoms. The molecule has 0 unspecified atom stereocenters. The summed E-state index contributed by atoms with van der Waals surface area (Å²) in [6, 6.07) is 8.30. The van der Waals surface area contributed by atoms with Crippen LogP contribution in [0.15, 0.2) is 49.2 Å². The van der Waals surface area contributed by atoms with E-state index in [1.165, 1.54) is 0 Å². The number of nitrogens with zero attached hydrogens (tertiary/aromatic N) is 8.